The smallest absolute Gasteiger partial charge is 0.228 e. The van der Waals surface area contributed by atoms with Gasteiger partial charge in [-0.25, -0.2) is 0 Å². The molecule has 5 heteroatoms. The fourth-order valence-electron chi connectivity index (χ4n) is 2.22. The molecule has 2 amide bonds. The fourth-order valence-corrected chi connectivity index (χ4v) is 2.59. The van der Waals surface area contributed by atoms with Crippen LogP contribution in [0.1, 0.15) is 24.8 Å². The van der Waals surface area contributed by atoms with Crippen molar-refractivity contribution in [3.05, 3.63) is 28.2 Å². The Labute approximate surface area is 126 Å². The van der Waals surface area contributed by atoms with Gasteiger partial charge in [-0.05, 0) is 43.9 Å². The first kappa shape index (κ1) is 13.6. The van der Waals surface area contributed by atoms with E-state index in [0.29, 0.717) is 12.5 Å². The molecule has 106 valence electrons. The van der Waals surface area contributed by atoms with E-state index in [-0.39, 0.29) is 23.7 Å². The number of nitrogens with one attached hydrogen (secondary N) is 2. The quantitative estimate of drug-likeness (QED) is 0.887. The number of hydrogen-bond donors (Lipinski definition) is 2. The second-order valence-corrected chi connectivity index (χ2v) is 6.54. The lowest BCUT2D eigenvalue weighted by atomic mass is 10.2. The van der Waals surface area contributed by atoms with E-state index in [1.807, 2.05) is 25.1 Å². The Bertz CT molecular complexity index is 569. The van der Waals surface area contributed by atoms with Gasteiger partial charge in [0.1, 0.15) is 0 Å². The Balaban J connectivity index is 1.54. The lowest BCUT2D eigenvalue weighted by Gasteiger charge is -2.07. The summed E-state index contributed by atoms with van der Waals surface area (Å²) in [5.74, 6) is -0.326. The fraction of sp³-hybridized carbons (Fsp3) is 0.467. The molecule has 0 aromatic heterocycles. The number of aryl methyl sites for hydroxylation is 1. The summed E-state index contributed by atoms with van der Waals surface area (Å²) in [5.41, 5.74) is 1.89. The summed E-state index contributed by atoms with van der Waals surface area (Å²) in [7, 11) is 0. The van der Waals surface area contributed by atoms with E-state index >= 15 is 0 Å². The molecule has 2 unspecified atom stereocenters. The van der Waals surface area contributed by atoms with Crippen LogP contribution in [0.5, 0.6) is 0 Å². The third-order valence-electron chi connectivity index (χ3n) is 3.83. The maximum atomic E-state index is 12.1. The Kier molecular flexibility index (Phi) is 3.54. The SMILES string of the molecule is Cc1ccc(NC(=O)C2CC2C(=O)NC2CC2)cc1Br. The second-order valence-electron chi connectivity index (χ2n) is 5.68. The van der Waals surface area contributed by atoms with Gasteiger partial charge >= 0.3 is 0 Å². The minimum atomic E-state index is -0.172. The highest BCUT2D eigenvalue weighted by Gasteiger charge is 2.48. The van der Waals surface area contributed by atoms with Crippen molar-refractivity contribution in [3.8, 4) is 0 Å². The number of benzene rings is 1. The number of amides is 2. The molecule has 4 nitrogen and oxygen atoms in total. The third-order valence-corrected chi connectivity index (χ3v) is 4.68. The van der Waals surface area contributed by atoms with Crippen molar-refractivity contribution in [2.24, 2.45) is 11.8 Å². The normalized spacial score (nSPS) is 24.1. The van der Waals surface area contributed by atoms with Crippen LogP contribution in [-0.4, -0.2) is 17.9 Å². The summed E-state index contributed by atoms with van der Waals surface area (Å²) in [6.45, 7) is 1.99. The van der Waals surface area contributed by atoms with E-state index < -0.39 is 0 Å². The minimum Gasteiger partial charge on any atom is -0.353 e. The van der Waals surface area contributed by atoms with Crippen LogP contribution in [0.2, 0.25) is 0 Å². The monoisotopic (exact) mass is 336 g/mol. The average molecular weight is 337 g/mol. The number of rotatable bonds is 4. The second kappa shape index (κ2) is 5.20. The van der Waals surface area contributed by atoms with E-state index in [4.69, 9.17) is 0 Å². The zero-order valence-corrected chi connectivity index (χ0v) is 12.9. The van der Waals surface area contributed by atoms with Gasteiger partial charge < -0.3 is 10.6 Å². The molecule has 0 spiro atoms. The van der Waals surface area contributed by atoms with E-state index in [1.165, 1.54) is 0 Å². The van der Waals surface area contributed by atoms with Crippen LogP contribution < -0.4 is 10.6 Å². The van der Waals surface area contributed by atoms with E-state index in [9.17, 15) is 9.59 Å². The van der Waals surface area contributed by atoms with E-state index in [2.05, 4.69) is 26.6 Å². The molecule has 1 aromatic rings. The van der Waals surface area contributed by atoms with Gasteiger partial charge in [0.05, 0.1) is 11.8 Å². The summed E-state index contributed by atoms with van der Waals surface area (Å²) in [6.07, 6.45) is 2.82. The highest BCUT2D eigenvalue weighted by atomic mass is 79.9. The number of halogens is 1. The Morgan fingerprint density at radius 2 is 1.90 bits per heavy atom. The maximum absolute atomic E-state index is 12.1. The standard InChI is InChI=1S/C15H17BrN2O2/c1-8-2-3-10(6-13(8)16)18-15(20)12-7-11(12)14(19)17-9-4-5-9/h2-3,6,9,11-12H,4-5,7H2,1H3,(H,17,19)(H,18,20). The first-order valence-corrected chi connectivity index (χ1v) is 7.71. The highest BCUT2D eigenvalue weighted by molar-refractivity contribution is 9.10. The van der Waals surface area contributed by atoms with Crippen molar-refractivity contribution in [3.63, 3.8) is 0 Å². The van der Waals surface area contributed by atoms with Crippen molar-refractivity contribution >= 4 is 33.4 Å². The highest BCUT2D eigenvalue weighted by Crippen LogP contribution is 2.40. The first-order valence-electron chi connectivity index (χ1n) is 6.92. The lowest BCUT2D eigenvalue weighted by molar-refractivity contribution is -0.125. The molecule has 0 heterocycles. The molecule has 2 atom stereocenters. The van der Waals surface area contributed by atoms with Crippen molar-refractivity contribution in [2.75, 3.05) is 5.32 Å². The van der Waals surface area contributed by atoms with Gasteiger partial charge in [-0.1, -0.05) is 22.0 Å². The van der Waals surface area contributed by atoms with E-state index in [1.54, 1.807) is 0 Å². The van der Waals surface area contributed by atoms with Crippen molar-refractivity contribution < 1.29 is 9.59 Å². The van der Waals surface area contributed by atoms with Gasteiger partial charge in [0.15, 0.2) is 0 Å². The van der Waals surface area contributed by atoms with Crippen molar-refractivity contribution in [1.82, 2.24) is 5.32 Å². The first-order chi connectivity index (χ1) is 9.54. The predicted octanol–water partition coefficient (Wildman–Crippen LogP) is 2.61. The molecule has 0 bridgehead atoms. The van der Waals surface area contributed by atoms with Gasteiger partial charge in [0.2, 0.25) is 11.8 Å². The molecule has 2 fully saturated rings. The van der Waals surface area contributed by atoms with E-state index in [0.717, 1.165) is 28.6 Å². The van der Waals surface area contributed by atoms with Crippen LogP contribution >= 0.6 is 15.9 Å². The Morgan fingerprint density at radius 3 is 2.55 bits per heavy atom. The topological polar surface area (TPSA) is 58.2 Å². The third kappa shape index (κ3) is 3.03. The average Bonchev–Trinajstić information content (AvgIpc) is 3.24. The molecule has 0 saturated heterocycles. The summed E-state index contributed by atoms with van der Waals surface area (Å²) in [5, 5.41) is 5.83. The molecule has 2 N–H and O–H groups in total. The molecule has 2 saturated carbocycles. The summed E-state index contributed by atoms with van der Waals surface area (Å²) < 4.78 is 0.967. The van der Waals surface area contributed by atoms with Gasteiger partial charge in [-0.2, -0.15) is 0 Å². The van der Waals surface area contributed by atoms with Gasteiger partial charge in [0.25, 0.3) is 0 Å². The Morgan fingerprint density at radius 1 is 1.20 bits per heavy atom. The molecular weight excluding hydrogens is 320 g/mol. The van der Waals surface area contributed by atoms with Gasteiger partial charge in [0, 0.05) is 16.2 Å². The molecule has 2 aliphatic rings. The largest absolute Gasteiger partial charge is 0.353 e. The molecule has 0 aliphatic heterocycles. The van der Waals surface area contributed by atoms with Crippen LogP contribution in [0.25, 0.3) is 0 Å². The Hall–Kier alpha value is -1.36. The molecule has 3 rings (SSSR count). The number of hydrogen-bond acceptors (Lipinski definition) is 2. The molecule has 20 heavy (non-hydrogen) atoms. The predicted molar refractivity (Wildman–Crippen MR) is 80.3 cm³/mol. The summed E-state index contributed by atoms with van der Waals surface area (Å²) >= 11 is 3.44. The summed E-state index contributed by atoms with van der Waals surface area (Å²) in [4.78, 5) is 23.9. The number of carbonyl (C=O) groups is 2. The zero-order valence-electron chi connectivity index (χ0n) is 11.3. The zero-order chi connectivity index (χ0) is 14.3. The van der Waals surface area contributed by atoms with Crippen LogP contribution in [-0.2, 0) is 9.59 Å². The lowest BCUT2D eigenvalue weighted by Crippen LogP contribution is -2.29. The van der Waals surface area contributed by atoms with Crippen LogP contribution in [0.15, 0.2) is 22.7 Å². The maximum Gasteiger partial charge on any atom is 0.228 e. The van der Waals surface area contributed by atoms with Crippen LogP contribution in [0, 0.1) is 18.8 Å². The molecule has 0 radical (unpaired) electrons. The molecule has 2 aliphatic carbocycles. The van der Waals surface area contributed by atoms with Crippen LogP contribution in [0.3, 0.4) is 0 Å². The summed E-state index contributed by atoms with van der Waals surface area (Å²) in [6, 6.07) is 6.07. The van der Waals surface area contributed by atoms with Crippen molar-refractivity contribution in [1.29, 1.82) is 0 Å². The molecular formula is C15H17BrN2O2. The minimum absolute atomic E-state index is 0.0396. The molecule has 1 aromatic carbocycles. The van der Waals surface area contributed by atoms with Crippen molar-refractivity contribution in [2.45, 2.75) is 32.2 Å². The van der Waals surface area contributed by atoms with Gasteiger partial charge in [-0.3, -0.25) is 9.59 Å². The van der Waals surface area contributed by atoms with Crippen LogP contribution in [0.4, 0.5) is 5.69 Å². The van der Waals surface area contributed by atoms with Gasteiger partial charge in [-0.15, -0.1) is 0 Å². The number of anilines is 1. The number of carbonyl (C=O) groups excluding carboxylic acids is 2.